The Labute approximate surface area is 147 Å². The molecule has 0 unspecified atom stereocenters. The predicted molar refractivity (Wildman–Crippen MR) is 93.6 cm³/mol. The van der Waals surface area contributed by atoms with Crippen LogP contribution < -0.4 is 0 Å². The van der Waals surface area contributed by atoms with Crippen LogP contribution in [0.15, 0.2) is 42.5 Å². The second-order valence-corrected chi connectivity index (χ2v) is 7.22. The molecular weight excluding hydrogens is 342 g/mol. The van der Waals surface area contributed by atoms with Crippen LogP contribution in [0.4, 0.5) is 8.78 Å². The van der Waals surface area contributed by atoms with Gasteiger partial charge >= 0.3 is 0 Å². The molecule has 1 fully saturated rings. The number of benzene rings is 2. The van der Waals surface area contributed by atoms with Gasteiger partial charge in [-0.05, 0) is 43.5 Å². The van der Waals surface area contributed by atoms with Crippen molar-refractivity contribution < 1.29 is 13.6 Å². The Morgan fingerprint density at radius 1 is 1.16 bits per heavy atom. The molecule has 1 aliphatic rings. The zero-order valence-electron chi connectivity index (χ0n) is 13.4. The van der Waals surface area contributed by atoms with Gasteiger partial charge in [0.05, 0.1) is 21.8 Å². The van der Waals surface area contributed by atoms with Crippen LogP contribution in [0, 0.1) is 11.6 Å². The van der Waals surface area contributed by atoms with Crippen molar-refractivity contribution in [2.45, 2.75) is 25.3 Å². The first-order valence-electron chi connectivity index (χ1n) is 8.25. The van der Waals surface area contributed by atoms with Crippen molar-refractivity contribution in [2.75, 3.05) is 6.54 Å². The lowest BCUT2D eigenvalue weighted by Crippen LogP contribution is -2.38. The summed E-state index contributed by atoms with van der Waals surface area (Å²) in [6.45, 7) is 0.552. The van der Waals surface area contributed by atoms with Crippen molar-refractivity contribution in [3.63, 3.8) is 0 Å². The summed E-state index contributed by atoms with van der Waals surface area (Å²) in [5, 5.41) is 0.872. The molecule has 4 rings (SSSR count). The third kappa shape index (κ3) is 3.02. The van der Waals surface area contributed by atoms with Gasteiger partial charge in [0.25, 0.3) is 5.91 Å². The number of aromatic nitrogens is 1. The summed E-state index contributed by atoms with van der Waals surface area (Å²) in [5.74, 6) is -1.91. The minimum atomic E-state index is -0.821. The van der Waals surface area contributed by atoms with E-state index < -0.39 is 17.5 Å². The first-order chi connectivity index (χ1) is 12.1. The van der Waals surface area contributed by atoms with Crippen molar-refractivity contribution in [1.29, 1.82) is 0 Å². The van der Waals surface area contributed by atoms with E-state index in [1.807, 2.05) is 24.3 Å². The van der Waals surface area contributed by atoms with Crippen LogP contribution in [0.2, 0.25) is 0 Å². The maximum absolute atomic E-state index is 14.1. The highest BCUT2D eigenvalue weighted by Gasteiger charge is 2.32. The highest BCUT2D eigenvalue weighted by molar-refractivity contribution is 7.18. The van der Waals surface area contributed by atoms with E-state index >= 15 is 0 Å². The monoisotopic (exact) mass is 358 g/mol. The third-order valence-electron chi connectivity index (χ3n) is 4.52. The molecule has 0 N–H and O–H groups in total. The maximum atomic E-state index is 14.1. The van der Waals surface area contributed by atoms with E-state index in [0.717, 1.165) is 46.6 Å². The predicted octanol–water partition coefficient (Wildman–Crippen LogP) is 4.94. The number of rotatable bonds is 2. The Bertz CT molecular complexity index is 907. The number of carbonyl (C=O) groups excluding carboxylic acids is 1. The van der Waals surface area contributed by atoms with Gasteiger partial charge in [-0.1, -0.05) is 12.1 Å². The molecule has 1 atom stereocenters. The number of amides is 1. The van der Waals surface area contributed by atoms with Crippen LogP contribution in [-0.4, -0.2) is 22.3 Å². The molecule has 3 nitrogen and oxygen atoms in total. The number of carbonyl (C=O) groups is 1. The fraction of sp³-hybridized carbons (Fsp3) is 0.263. The molecule has 0 spiro atoms. The molecule has 2 aromatic carbocycles. The molecule has 0 aliphatic carbocycles. The van der Waals surface area contributed by atoms with Gasteiger partial charge in [-0.25, -0.2) is 13.8 Å². The van der Waals surface area contributed by atoms with Gasteiger partial charge in [-0.3, -0.25) is 4.79 Å². The molecule has 1 aliphatic heterocycles. The number of piperidine rings is 1. The largest absolute Gasteiger partial charge is 0.329 e. The summed E-state index contributed by atoms with van der Waals surface area (Å²) in [5.41, 5.74) is 0.822. The number of para-hydroxylation sites is 1. The fourth-order valence-corrected chi connectivity index (χ4v) is 4.40. The zero-order valence-corrected chi connectivity index (χ0v) is 14.2. The molecule has 2 heterocycles. The Hall–Kier alpha value is -2.34. The lowest BCUT2D eigenvalue weighted by Gasteiger charge is -2.34. The van der Waals surface area contributed by atoms with Gasteiger partial charge in [0.2, 0.25) is 0 Å². The molecule has 0 saturated carbocycles. The maximum Gasteiger partial charge on any atom is 0.257 e. The van der Waals surface area contributed by atoms with Crippen LogP contribution in [0.5, 0.6) is 0 Å². The molecule has 1 amide bonds. The summed E-state index contributed by atoms with van der Waals surface area (Å²) in [6, 6.07) is 10.8. The van der Waals surface area contributed by atoms with E-state index in [4.69, 9.17) is 0 Å². The van der Waals surface area contributed by atoms with Crippen molar-refractivity contribution in [3.05, 3.63) is 64.7 Å². The molecule has 1 saturated heterocycles. The molecule has 25 heavy (non-hydrogen) atoms. The zero-order chi connectivity index (χ0) is 17.4. The number of halogens is 2. The van der Waals surface area contributed by atoms with Crippen molar-refractivity contribution in [3.8, 4) is 0 Å². The first kappa shape index (κ1) is 16.1. The first-order valence-corrected chi connectivity index (χ1v) is 9.06. The van der Waals surface area contributed by atoms with Crippen LogP contribution in [0.25, 0.3) is 10.2 Å². The quantitative estimate of drug-likeness (QED) is 0.650. The molecule has 1 aromatic heterocycles. The van der Waals surface area contributed by atoms with Crippen LogP contribution in [0.1, 0.15) is 40.7 Å². The summed E-state index contributed by atoms with van der Waals surface area (Å²) < 4.78 is 28.3. The van der Waals surface area contributed by atoms with Crippen molar-refractivity contribution in [1.82, 2.24) is 9.88 Å². The molecule has 0 bridgehead atoms. The Kier molecular flexibility index (Phi) is 4.21. The van der Waals surface area contributed by atoms with Crippen molar-refractivity contribution in [2.24, 2.45) is 0 Å². The smallest absolute Gasteiger partial charge is 0.257 e. The van der Waals surface area contributed by atoms with Crippen LogP contribution >= 0.6 is 11.3 Å². The summed E-state index contributed by atoms with van der Waals surface area (Å²) in [4.78, 5) is 19.2. The molecule has 3 aromatic rings. The van der Waals surface area contributed by atoms with Gasteiger partial charge in [0.1, 0.15) is 16.6 Å². The van der Waals surface area contributed by atoms with E-state index in [0.29, 0.717) is 6.54 Å². The molecule has 128 valence electrons. The third-order valence-corrected chi connectivity index (χ3v) is 5.66. The minimum Gasteiger partial charge on any atom is -0.329 e. The average Bonchev–Trinajstić information content (AvgIpc) is 3.05. The van der Waals surface area contributed by atoms with Crippen LogP contribution in [-0.2, 0) is 0 Å². The number of thiazole rings is 1. The topological polar surface area (TPSA) is 33.2 Å². The summed E-state index contributed by atoms with van der Waals surface area (Å²) in [7, 11) is 0. The van der Waals surface area contributed by atoms with Gasteiger partial charge in [0.15, 0.2) is 0 Å². The van der Waals surface area contributed by atoms with Crippen molar-refractivity contribution >= 4 is 27.5 Å². The lowest BCUT2D eigenvalue weighted by atomic mass is 10.0. The van der Waals surface area contributed by atoms with E-state index in [-0.39, 0.29) is 11.6 Å². The molecule has 0 radical (unpaired) electrons. The standard InChI is InChI=1S/C19H16F2N2OS/c20-12-8-9-13(14(21)11-12)19(24)23-10-4-3-6-16(23)18-22-15-5-1-2-7-17(15)25-18/h1-2,5,7-9,11,16H,3-4,6,10H2/t16-/m1/s1. The van der Waals surface area contributed by atoms with E-state index in [1.165, 1.54) is 6.07 Å². The molecule has 6 heteroatoms. The average molecular weight is 358 g/mol. The van der Waals surface area contributed by atoms with Gasteiger partial charge in [0, 0.05) is 12.6 Å². The van der Waals surface area contributed by atoms with E-state index in [2.05, 4.69) is 4.98 Å². The van der Waals surface area contributed by atoms with E-state index in [9.17, 15) is 13.6 Å². The normalized spacial score (nSPS) is 17.8. The Balaban J connectivity index is 1.70. The summed E-state index contributed by atoms with van der Waals surface area (Å²) in [6.07, 6.45) is 2.67. The van der Waals surface area contributed by atoms with Gasteiger partial charge in [-0.15, -0.1) is 11.3 Å². The Morgan fingerprint density at radius 2 is 2.00 bits per heavy atom. The van der Waals surface area contributed by atoms with E-state index in [1.54, 1.807) is 16.2 Å². The number of nitrogens with zero attached hydrogens (tertiary/aromatic N) is 2. The van der Waals surface area contributed by atoms with Crippen LogP contribution in [0.3, 0.4) is 0 Å². The summed E-state index contributed by atoms with van der Waals surface area (Å²) >= 11 is 1.57. The van der Waals surface area contributed by atoms with Gasteiger partial charge in [-0.2, -0.15) is 0 Å². The number of hydrogen-bond donors (Lipinski definition) is 0. The second kappa shape index (κ2) is 6.52. The SMILES string of the molecule is O=C(c1ccc(F)cc1F)N1CCCC[C@@H]1c1nc2ccccc2s1. The number of hydrogen-bond acceptors (Lipinski definition) is 3. The number of fused-ring (bicyclic) bond motifs is 1. The minimum absolute atomic E-state index is 0.0885. The lowest BCUT2D eigenvalue weighted by molar-refractivity contribution is 0.0606. The highest BCUT2D eigenvalue weighted by atomic mass is 32.1. The number of likely N-dealkylation sites (tertiary alicyclic amines) is 1. The molecular formula is C19H16F2N2OS. The Morgan fingerprint density at radius 3 is 2.80 bits per heavy atom. The fourth-order valence-electron chi connectivity index (χ4n) is 3.28. The highest BCUT2D eigenvalue weighted by Crippen LogP contribution is 2.36. The van der Waals surface area contributed by atoms with Gasteiger partial charge < -0.3 is 4.90 Å². The second-order valence-electron chi connectivity index (χ2n) is 6.15.